The number of amides is 1. The number of fused-ring (bicyclic) bond motifs is 1. The molecule has 4 aliphatic rings. The lowest BCUT2D eigenvalue weighted by Gasteiger charge is -2.32. The molecule has 0 spiro atoms. The predicted octanol–water partition coefficient (Wildman–Crippen LogP) is 2.14. The summed E-state index contributed by atoms with van der Waals surface area (Å²) in [4.78, 5) is 23.7. The van der Waals surface area contributed by atoms with Gasteiger partial charge in [0.05, 0.1) is 13.2 Å². The number of alkyl halides is 3. The molecule has 9 heteroatoms. The molecule has 160 valence electrons. The Morgan fingerprint density at radius 3 is 2.29 bits per heavy atom. The summed E-state index contributed by atoms with van der Waals surface area (Å²) >= 11 is 0. The van der Waals surface area contributed by atoms with Crippen molar-refractivity contribution in [2.24, 2.45) is 29.6 Å². The fourth-order valence-corrected chi connectivity index (χ4v) is 4.11. The molecule has 0 aromatic heterocycles. The first kappa shape index (κ1) is 21.4. The average Bonchev–Trinajstić information content (AvgIpc) is 3.52. The molecule has 0 unspecified atom stereocenters. The van der Waals surface area contributed by atoms with Crippen molar-refractivity contribution in [3.05, 3.63) is 0 Å². The van der Waals surface area contributed by atoms with Crippen LogP contribution in [0.4, 0.5) is 13.2 Å². The van der Waals surface area contributed by atoms with Crippen molar-refractivity contribution >= 4 is 11.9 Å². The molecule has 0 radical (unpaired) electrons. The number of rotatable bonds is 6. The van der Waals surface area contributed by atoms with Crippen LogP contribution in [0.1, 0.15) is 32.1 Å². The van der Waals surface area contributed by atoms with E-state index in [0.29, 0.717) is 24.2 Å². The van der Waals surface area contributed by atoms with E-state index < -0.39 is 12.1 Å². The second kappa shape index (κ2) is 8.98. The van der Waals surface area contributed by atoms with E-state index in [1.807, 2.05) is 0 Å². The van der Waals surface area contributed by atoms with Crippen LogP contribution in [0.3, 0.4) is 0 Å². The number of ether oxygens (including phenoxy) is 1. The Hall–Kier alpha value is -1.35. The number of hydrogen-bond acceptors (Lipinski definition) is 4. The van der Waals surface area contributed by atoms with Gasteiger partial charge < -0.3 is 20.1 Å². The first-order valence-corrected chi connectivity index (χ1v) is 10.1. The maximum Gasteiger partial charge on any atom is 0.490 e. The van der Waals surface area contributed by atoms with Gasteiger partial charge >= 0.3 is 12.1 Å². The number of halogens is 3. The third kappa shape index (κ3) is 6.62. The van der Waals surface area contributed by atoms with Gasteiger partial charge in [-0.25, -0.2) is 4.79 Å². The van der Waals surface area contributed by atoms with Crippen LogP contribution in [0.25, 0.3) is 0 Å². The molecule has 6 nitrogen and oxygen atoms in total. The van der Waals surface area contributed by atoms with Crippen molar-refractivity contribution in [3.8, 4) is 0 Å². The Labute approximate surface area is 162 Å². The number of nitrogens with zero attached hydrogens (tertiary/aromatic N) is 1. The zero-order valence-corrected chi connectivity index (χ0v) is 15.9. The minimum Gasteiger partial charge on any atom is -0.475 e. The third-order valence-corrected chi connectivity index (χ3v) is 6.02. The summed E-state index contributed by atoms with van der Waals surface area (Å²) in [6, 6.07) is 0. The van der Waals surface area contributed by atoms with Gasteiger partial charge in [0.1, 0.15) is 0 Å². The van der Waals surface area contributed by atoms with Crippen molar-refractivity contribution in [1.29, 1.82) is 0 Å². The first-order valence-electron chi connectivity index (χ1n) is 10.1. The zero-order chi connectivity index (χ0) is 20.3. The van der Waals surface area contributed by atoms with Gasteiger partial charge in [-0.15, -0.1) is 0 Å². The molecular formula is C19H29F3N2O4. The van der Waals surface area contributed by atoms with Crippen LogP contribution in [0, 0.1) is 29.6 Å². The number of likely N-dealkylation sites (tertiary alicyclic amines) is 1. The smallest absolute Gasteiger partial charge is 0.475 e. The van der Waals surface area contributed by atoms with Crippen molar-refractivity contribution in [1.82, 2.24) is 10.2 Å². The van der Waals surface area contributed by atoms with Crippen LogP contribution in [-0.4, -0.2) is 67.5 Å². The van der Waals surface area contributed by atoms with Gasteiger partial charge in [-0.3, -0.25) is 4.79 Å². The second-order valence-corrected chi connectivity index (χ2v) is 8.64. The molecule has 4 fully saturated rings. The highest BCUT2D eigenvalue weighted by molar-refractivity contribution is 5.76. The lowest BCUT2D eigenvalue weighted by atomic mass is 9.81. The number of carboxylic acids is 1. The molecule has 2 saturated carbocycles. The molecule has 4 rings (SSSR count). The summed E-state index contributed by atoms with van der Waals surface area (Å²) in [5.41, 5.74) is 0. The summed E-state index contributed by atoms with van der Waals surface area (Å²) < 4.78 is 37.5. The predicted molar refractivity (Wildman–Crippen MR) is 94.5 cm³/mol. The van der Waals surface area contributed by atoms with Crippen LogP contribution < -0.4 is 5.32 Å². The Kier molecular flexibility index (Phi) is 6.85. The van der Waals surface area contributed by atoms with Crippen molar-refractivity contribution in [2.45, 2.75) is 38.3 Å². The van der Waals surface area contributed by atoms with Crippen molar-refractivity contribution in [3.63, 3.8) is 0 Å². The summed E-state index contributed by atoms with van der Waals surface area (Å²) in [7, 11) is 0. The third-order valence-electron chi connectivity index (χ3n) is 6.02. The number of nitrogens with one attached hydrogen (secondary N) is 1. The van der Waals surface area contributed by atoms with Gasteiger partial charge in [0.2, 0.25) is 5.91 Å². The standard InChI is InChI=1S/C17H28N2O2.C2HF3O2/c20-17(18-6-12-1-2-12)5-14-10-21-11-15-8-19(9-16(14)15)7-13-3-4-13;3-2(4,5)1(6)7/h12-16H,1-11H2,(H,18,20);(H,6,7)/t14-,15-,16+;/m1./s1. The molecule has 2 aliphatic heterocycles. The van der Waals surface area contributed by atoms with Gasteiger partial charge in [0.25, 0.3) is 0 Å². The molecule has 0 aromatic carbocycles. The summed E-state index contributed by atoms with van der Waals surface area (Å²) in [6.07, 6.45) is 1.04. The van der Waals surface area contributed by atoms with E-state index >= 15 is 0 Å². The fourth-order valence-electron chi connectivity index (χ4n) is 4.11. The number of carbonyl (C=O) groups excluding carboxylic acids is 1. The highest BCUT2D eigenvalue weighted by atomic mass is 19.4. The van der Waals surface area contributed by atoms with Gasteiger partial charge in [0, 0.05) is 32.6 Å². The Morgan fingerprint density at radius 1 is 1.07 bits per heavy atom. The monoisotopic (exact) mass is 406 g/mol. The molecular weight excluding hydrogens is 377 g/mol. The highest BCUT2D eigenvalue weighted by Crippen LogP contribution is 2.38. The molecule has 2 aliphatic carbocycles. The van der Waals surface area contributed by atoms with E-state index in [2.05, 4.69) is 10.2 Å². The van der Waals surface area contributed by atoms with E-state index in [0.717, 1.165) is 31.6 Å². The maximum absolute atomic E-state index is 12.1. The van der Waals surface area contributed by atoms with Gasteiger partial charge in [-0.1, -0.05) is 0 Å². The summed E-state index contributed by atoms with van der Waals surface area (Å²) in [5, 5.41) is 10.2. The molecule has 28 heavy (non-hydrogen) atoms. The lowest BCUT2D eigenvalue weighted by molar-refractivity contribution is -0.192. The van der Waals surface area contributed by atoms with E-state index in [4.69, 9.17) is 14.6 Å². The summed E-state index contributed by atoms with van der Waals surface area (Å²) in [6.45, 7) is 6.27. The molecule has 2 saturated heterocycles. The van der Waals surface area contributed by atoms with E-state index in [9.17, 15) is 18.0 Å². The SMILES string of the molecule is O=C(C[C@@H]1COC[C@H]2CN(CC3CC3)C[C@@H]12)NCC1CC1.O=C(O)C(F)(F)F. The second-order valence-electron chi connectivity index (χ2n) is 8.64. The minimum atomic E-state index is -5.08. The average molecular weight is 406 g/mol. The van der Waals surface area contributed by atoms with Gasteiger partial charge in [-0.05, 0) is 55.3 Å². The Morgan fingerprint density at radius 2 is 1.71 bits per heavy atom. The topological polar surface area (TPSA) is 78.9 Å². The van der Waals surface area contributed by atoms with Crippen molar-refractivity contribution < 1.29 is 32.6 Å². The maximum atomic E-state index is 12.1. The molecule has 0 aromatic rings. The normalized spacial score (nSPS) is 30.2. The van der Waals surface area contributed by atoms with E-state index in [-0.39, 0.29) is 5.91 Å². The van der Waals surface area contributed by atoms with E-state index in [1.54, 1.807) is 0 Å². The largest absolute Gasteiger partial charge is 0.490 e. The number of carboxylic acid groups (broad SMARTS) is 1. The zero-order valence-electron chi connectivity index (χ0n) is 15.9. The van der Waals surface area contributed by atoms with Crippen LogP contribution in [-0.2, 0) is 14.3 Å². The fraction of sp³-hybridized carbons (Fsp3) is 0.895. The Balaban J connectivity index is 0.000000279. The summed E-state index contributed by atoms with van der Waals surface area (Å²) in [5.74, 6) is 1.01. The van der Waals surface area contributed by atoms with Gasteiger partial charge in [0.15, 0.2) is 0 Å². The van der Waals surface area contributed by atoms with Crippen LogP contribution in [0.5, 0.6) is 0 Å². The van der Waals surface area contributed by atoms with Crippen molar-refractivity contribution in [2.75, 3.05) is 39.4 Å². The molecule has 2 N–H and O–H groups in total. The van der Waals surface area contributed by atoms with E-state index in [1.165, 1.54) is 45.3 Å². The highest BCUT2D eigenvalue weighted by Gasteiger charge is 2.42. The molecule has 3 atom stereocenters. The number of aliphatic carboxylic acids is 1. The van der Waals surface area contributed by atoms with Crippen LogP contribution in [0.2, 0.25) is 0 Å². The Bertz CT molecular complexity index is 564. The minimum absolute atomic E-state index is 0.247. The molecule has 0 bridgehead atoms. The van der Waals surface area contributed by atoms with Gasteiger partial charge in [-0.2, -0.15) is 13.2 Å². The quantitative estimate of drug-likeness (QED) is 0.707. The number of carbonyl (C=O) groups is 2. The first-order chi connectivity index (χ1) is 13.2. The lowest BCUT2D eigenvalue weighted by Crippen LogP contribution is -2.38. The number of hydrogen-bond donors (Lipinski definition) is 2. The molecule has 1 amide bonds. The molecule has 2 heterocycles. The van der Waals surface area contributed by atoms with Crippen LogP contribution >= 0.6 is 0 Å². The van der Waals surface area contributed by atoms with Crippen LogP contribution in [0.15, 0.2) is 0 Å².